The minimum Gasteiger partial charge on any atom is -0.392 e. The van der Waals surface area contributed by atoms with E-state index >= 15 is 0 Å². The van der Waals surface area contributed by atoms with Crippen LogP contribution in [0.2, 0.25) is 0 Å². The van der Waals surface area contributed by atoms with Crippen molar-refractivity contribution < 1.29 is 5.11 Å². The lowest BCUT2D eigenvalue weighted by molar-refractivity contribution is 0.281. The summed E-state index contributed by atoms with van der Waals surface area (Å²) in [6.45, 7) is 9.53. The standard InChI is InChI=1S/C17H24N2OS/c1-12(2)16-8-14(11-20)9-17(18-16)19(13(3)4)10-15-6-5-7-21-15/h5-9,12-13,20H,10-11H2,1-4H3. The first-order valence-corrected chi connectivity index (χ1v) is 8.30. The highest BCUT2D eigenvalue weighted by Crippen LogP contribution is 2.24. The monoisotopic (exact) mass is 304 g/mol. The fraction of sp³-hybridized carbons (Fsp3) is 0.471. The summed E-state index contributed by atoms with van der Waals surface area (Å²) < 4.78 is 0. The van der Waals surface area contributed by atoms with Crippen molar-refractivity contribution in [2.75, 3.05) is 4.90 Å². The van der Waals surface area contributed by atoms with Crippen molar-refractivity contribution in [2.45, 2.75) is 52.8 Å². The van der Waals surface area contributed by atoms with Crippen LogP contribution in [-0.2, 0) is 13.2 Å². The predicted octanol–water partition coefficient (Wildman–Crippen LogP) is 4.17. The van der Waals surface area contributed by atoms with E-state index in [0.717, 1.165) is 23.6 Å². The second-order valence-corrected chi connectivity index (χ2v) is 6.90. The zero-order valence-electron chi connectivity index (χ0n) is 13.2. The Morgan fingerprint density at radius 3 is 2.52 bits per heavy atom. The van der Waals surface area contributed by atoms with Crippen molar-refractivity contribution in [3.8, 4) is 0 Å². The summed E-state index contributed by atoms with van der Waals surface area (Å²) >= 11 is 1.76. The van der Waals surface area contributed by atoms with Crippen LogP contribution >= 0.6 is 11.3 Å². The predicted molar refractivity (Wildman–Crippen MR) is 89.9 cm³/mol. The maximum absolute atomic E-state index is 9.50. The number of aliphatic hydroxyl groups is 1. The number of thiophene rings is 1. The Morgan fingerprint density at radius 1 is 1.24 bits per heavy atom. The number of hydrogen-bond donors (Lipinski definition) is 1. The number of aliphatic hydroxyl groups excluding tert-OH is 1. The SMILES string of the molecule is CC(C)c1cc(CO)cc(N(Cc2cccs2)C(C)C)n1. The summed E-state index contributed by atoms with van der Waals surface area (Å²) in [6.07, 6.45) is 0. The van der Waals surface area contributed by atoms with Gasteiger partial charge in [-0.1, -0.05) is 19.9 Å². The van der Waals surface area contributed by atoms with Gasteiger partial charge in [0.25, 0.3) is 0 Å². The van der Waals surface area contributed by atoms with Gasteiger partial charge in [0.1, 0.15) is 5.82 Å². The topological polar surface area (TPSA) is 36.4 Å². The summed E-state index contributed by atoms with van der Waals surface area (Å²) in [4.78, 5) is 8.42. The molecule has 0 aliphatic heterocycles. The Balaban J connectivity index is 2.37. The first-order valence-electron chi connectivity index (χ1n) is 7.42. The van der Waals surface area contributed by atoms with Crippen LogP contribution < -0.4 is 4.90 Å². The number of rotatable bonds is 6. The highest BCUT2D eigenvalue weighted by atomic mass is 32.1. The molecule has 0 atom stereocenters. The van der Waals surface area contributed by atoms with Gasteiger partial charge in [0, 0.05) is 16.6 Å². The third kappa shape index (κ3) is 4.05. The summed E-state index contributed by atoms with van der Waals surface area (Å²) in [5.41, 5.74) is 1.97. The number of nitrogens with zero attached hydrogens (tertiary/aromatic N) is 2. The van der Waals surface area contributed by atoms with Crippen LogP contribution in [0, 0.1) is 0 Å². The fourth-order valence-corrected chi connectivity index (χ4v) is 2.93. The van der Waals surface area contributed by atoms with Crippen LogP contribution in [0.1, 0.15) is 49.7 Å². The molecule has 0 saturated carbocycles. The van der Waals surface area contributed by atoms with Crippen LogP contribution in [0.5, 0.6) is 0 Å². The van der Waals surface area contributed by atoms with Gasteiger partial charge >= 0.3 is 0 Å². The Morgan fingerprint density at radius 2 is 2.00 bits per heavy atom. The molecule has 114 valence electrons. The van der Waals surface area contributed by atoms with Crippen molar-refractivity contribution >= 4 is 17.2 Å². The van der Waals surface area contributed by atoms with Crippen LogP contribution in [0.3, 0.4) is 0 Å². The normalized spacial score (nSPS) is 11.4. The molecule has 0 unspecified atom stereocenters. The molecular weight excluding hydrogens is 280 g/mol. The Bertz CT molecular complexity index is 564. The molecule has 2 rings (SSSR count). The third-order valence-electron chi connectivity index (χ3n) is 3.49. The van der Waals surface area contributed by atoms with Crippen molar-refractivity contribution in [1.29, 1.82) is 0 Å². The van der Waals surface area contributed by atoms with Gasteiger partial charge in [-0.05, 0) is 48.9 Å². The highest BCUT2D eigenvalue weighted by molar-refractivity contribution is 7.09. The van der Waals surface area contributed by atoms with E-state index in [-0.39, 0.29) is 6.61 Å². The lowest BCUT2D eigenvalue weighted by Gasteiger charge is -2.28. The second-order valence-electron chi connectivity index (χ2n) is 5.87. The van der Waals surface area contributed by atoms with E-state index in [1.54, 1.807) is 11.3 Å². The van der Waals surface area contributed by atoms with Crippen molar-refractivity contribution in [3.05, 3.63) is 45.8 Å². The largest absolute Gasteiger partial charge is 0.392 e. The van der Waals surface area contributed by atoms with Crippen LogP contribution in [0.25, 0.3) is 0 Å². The molecule has 1 N–H and O–H groups in total. The molecule has 0 fully saturated rings. The average Bonchev–Trinajstić information content (AvgIpc) is 2.96. The van der Waals surface area contributed by atoms with Gasteiger partial charge in [0.15, 0.2) is 0 Å². The molecule has 4 heteroatoms. The van der Waals surface area contributed by atoms with Crippen LogP contribution in [0.15, 0.2) is 29.6 Å². The minimum atomic E-state index is 0.0557. The molecule has 3 nitrogen and oxygen atoms in total. The molecule has 0 aromatic carbocycles. The first kappa shape index (κ1) is 16.0. The molecule has 0 bridgehead atoms. The molecule has 2 aromatic rings. The number of aromatic nitrogens is 1. The zero-order valence-corrected chi connectivity index (χ0v) is 14.0. The molecule has 2 aromatic heterocycles. The van der Waals surface area contributed by atoms with Crippen molar-refractivity contribution in [3.63, 3.8) is 0 Å². The van der Waals surface area contributed by atoms with Gasteiger partial charge in [-0.3, -0.25) is 0 Å². The number of anilines is 1. The maximum atomic E-state index is 9.50. The summed E-state index contributed by atoms with van der Waals surface area (Å²) in [7, 11) is 0. The average molecular weight is 304 g/mol. The molecule has 0 spiro atoms. The fourth-order valence-electron chi connectivity index (χ4n) is 2.23. The molecular formula is C17H24N2OS. The highest BCUT2D eigenvalue weighted by Gasteiger charge is 2.16. The lowest BCUT2D eigenvalue weighted by atomic mass is 10.1. The van der Waals surface area contributed by atoms with Gasteiger partial charge in [-0.15, -0.1) is 11.3 Å². The van der Waals surface area contributed by atoms with E-state index in [2.05, 4.69) is 50.1 Å². The Labute approximate surface area is 131 Å². The maximum Gasteiger partial charge on any atom is 0.129 e. The molecule has 2 heterocycles. The molecule has 0 amide bonds. The van der Waals surface area contributed by atoms with Gasteiger partial charge < -0.3 is 10.0 Å². The van der Waals surface area contributed by atoms with Gasteiger partial charge in [-0.2, -0.15) is 0 Å². The lowest BCUT2D eigenvalue weighted by Crippen LogP contribution is -2.31. The van der Waals surface area contributed by atoms with Gasteiger partial charge in [-0.25, -0.2) is 4.98 Å². The third-order valence-corrected chi connectivity index (χ3v) is 4.35. The smallest absolute Gasteiger partial charge is 0.129 e. The zero-order chi connectivity index (χ0) is 15.4. The van der Waals surface area contributed by atoms with Gasteiger partial charge in [0.05, 0.1) is 13.2 Å². The van der Waals surface area contributed by atoms with Crippen LogP contribution in [0.4, 0.5) is 5.82 Å². The molecule has 0 aliphatic carbocycles. The van der Waals surface area contributed by atoms with E-state index in [1.807, 2.05) is 12.1 Å². The minimum absolute atomic E-state index is 0.0557. The van der Waals surface area contributed by atoms with E-state index in [4.69, 9.17) is 4.98 Å². The van der Waals surface area contributed by atoms with E-state index in [0.29, 0.717) is 12.0 Å². The van der Waals surface area contributed by atoms with E-state index in [9.17, 15) is 5.11 Å². The van der Waals surface area contributed by atoms with Gasteiger partial charge in [0.2, 0.25) is 0 Å². The summed E-state index contributed by atoms with van der Waals surface area (Å²) in [6, 6.07) is 8.58. The Kier molecular flexibility index (Phi) is 5.37. The van der Waals surface area contributed by atoms with Crippen LogP contribution in [-0.4, -0.2) is 16.1 Å². The quantitative estimate of drug-likeness (QED) is 0.870. The van der Waals surface area contributed by atoms with E-state index < -0.39 is 0 Å². The molecule has 21 heavy (non-hydrogen) atoms. The summed E-state index contributed by atoms with van der Waals surface area (Å²) in [5.74, 6) is 1.31. The second kappa shape index (κ2) is 7.05. The van der Waals surface area contributed by atoms with Crippen molar-refractivity contribution in [1.82, 2.24) is 4.98 Å². The number of pyridine rings is 1. The molecule has 0 saturated heterocycles. The molecule has 0 radical (unpaired) electrons. The number of hydrogen-bond acceptors (Lipinski definition) is 4. The summed E-state index contributed by atoms with van der Waals surface area (Å²) in [5, 5.41) is 11.6. The van der Waals surface area contributed by atoms with Crippen molar-refractivity contribution in [2.24, 2.45) is 0 Å². The molecule has 0 aliphatic rings. The Hall–Kier alpha value is -1.39. The first-order chi connectivity index (χ1) is 10.0. The van der Waals surface area contributed by atoms with E-state index in [1.165, 1.54) is 4.88 Å².